The van der Waals surface area contributed by atoms with E-state index in [1.165, 1.54) is 12.1 Å². The summed E-state index contributed by atoms with van der Waals surface area (Å²) in [5, 5.41) is 2.76. The van der Waals surface area contributed by atoms with Gasteiger partial charge in [-0.1, -0.05) is 30.3 Å². The summed E-state index contributed by atoms with van der Waals surface area (Å²) in [7, 11) is -3.95. The fourth-order valence-electron chi connectivity index (χ4n) is 3.79. The third-order valence-corrected chi connectivity index (χ3v) is 7.23. The van der Waals surface area contributed by atoms with Crippen LogP contribution in [-0.4, -0.2) is 33.3 Å². The molecule has 1 fully saturated rings. The number of benzene rings is 3. The number of carbonyl (C=O) groups excluding carboxylic acids is 2. The predicted molar refractivity (Wildman–Crippen MR) is 129 cm³/mol. The Kier molecular flexibility index (Phi) is 6.46. The number of rotatable bonds is 7. The molecular weight excluding hydrogens is 438 g/mol. The zero-order chi connectivity index (χ0) is 23.4. The van der Waals surface area contributed by atoms with Gasteiger partial charge in [-0.15, -0.1) is 0 Å². The number of nitrogens with zero attached hydrogens (tertiary/aromatic N) is 2. The first-order valence-corrected chi connectivity index (χ1v) is 12.1. The van der Waals surface area contributed by atoms with Crippen LogP contribution in [0.3, 0.4) is 0 Å². The molecule has 0 radical (unpaired) electrons. The van der Waals surface area contributed by atoms with Crippen molar-refractivity contribution in [3.8, 4) is 0 Å². The molecule has 7 nitrogen and oxygen atoms in total. The van der Waals surface area contributed by atoms with Crippen LogP contribution in [0.15, 0.2) is 83.8 Å². The van der Waals surface area contributed by atoms with Crippen molar-refractivity contribution in [2.45, 2.75) is 24.7 Å². The van der Waals surface area contributed by atoms with Crippen LogP contribution < -0.4 is 14.5 Å². The second kappa shape index (κ2) is 9.46. The topological polar surface area (TPSA) is 86.8 Å². The van der Waals surface area contributed by atoms with E-state index in [0.29, 0.717) is 24.3 Å². The van der Waals surface area contributed by atoms with E-state index < -0.39 is 15.9 Å². The summed E-state index contributed by atoms with van der Waals surface area (Å²) in [5.41, 5.74) is 2.60. The van der Waals surface area contributed by atoms with Crippen LogP contribution in [0, 0.1) is 6.92 Å². The van der Waals surface area contributed by atoms with Gasteiger partial charge in [-0.05, 0) is 67.4 Å². The first-order valence-electron chi connectivity index (χ1n) is 10.7. The SMILES string of the molecule is Cc1cccc(N(CC(=O)Nc2ccc(N3CCCC3=O)cc2)S(=O)(=O)c2ccccc2)c1. The van der Waals surface area contributed by atoms with Gasteiger partial charge >= 0.3 is 0 Å². The van der Waals surface area contributed by atoms with Crippen molar-refractivity contribution in [3.63, 3.8) is 0 Å². The molecule has 0 aromatic heterocycles. The maximum atomic E-state index is 13.4. The van der Waals surface area contributed by atoms with Gasteiger partial charge < -0.3 is 10.2 Å². The van der Waals surface area contributed by atoms with Gasteiger partial charge in [-0.3, -0.25) is 13.9 Å². The largest absolute Gasteiger partial charge is 0.325 e. The third-order valence-electron chi connectivity index (χ3n) is 5.44. The van der Waals surface area contributed by atoms with Gasteiger partial charge in [-0.2, -0.15) is 0 Å². The fraction of sp³-hybridized carbons (Fsp3) is 0.200. The van der Waals surface area contributed by atoms with Crippen molar-refractivity contribution in [1.29, 1.82) is 0 Å². The second-order valence-corrected chi connectivity index (χ2v) is 9.77. The van der Waals surface area contributed by atoms with E-state index in [1.807, 2.05) is 13.0 Å². The Morgan fingerprint density at radius 1 is 1.00 bits per heavy atom. The van der Waals surface area contributed by atoms with Crippen LogP contribution in [0.25, 0.3) is 0 Å². The smallest absolute Gasteiger partial charge is 0.264 e. The van der Waals surface area contributed by atoms with E-state index in [-0.39, 0.29) is 17.3 Å². The number of sulfonamides is 1. The maximum absolute atomic E-state index is 13.4. The molecule has 0 saturated carbocycles. The van der Waals surface area contributed by atoms with Gasteiger partial charge in [0.1, 0.15) is 6.54 Å². The number of carbonyl (C=O) groups is 2. The fourth-order valence-corrected chi connectivity index (χ4v) is 5.23. The normalized spacial score (nSPS) is 13.7. The van der Waals surface area contributed by atoms with Crippen molar-refractivity contribution >= 4 is 38.9 Å². The molecule has 2 amide bonds. The molecule has 0 spiro atoms. The second-order valence-electron chi connectivity index (χ2n) is 7.91. The van der Waals surface area contributed by atoms with E-state index in [2.05, 4.69) is 5.32 Å². The molecule has 0 atom stereocenters. The molecule has 33 heavy (non-hydrogen) atoms. The highest BCUT2D eigenvalue weighted by atomic mass is 32.2. The minimum Gasteiger partial charge on any atom is -0.325 e. The maximum Gasteiger partial charge on any atom is 0.264 e. The van der Waals surface area contributed by atoms with Crippen molar-refractivity contribution in [2.24, 2.45) is 0 Å². The highest BCUT2D eigenvalue weighted by Gasteiger charge is 2.27. The Morgan fingerprint density at radius 2 is 1.73 bits per heavy atom. The Morgan fingerprint density at radius 3 is 2.36 bits per heavy atom. The molecule has 1 saturated heterocycles. The van der Waals surface area contributed by atoms with Crippen molar-refractivity contribution < 1.29 is 18.0 Å². The zero-order valence-electron chi connectivity index (χ0n) is 18.3. The van der Waals surface area contributed by atoms with Crippen molar-refractivity contribution in [2.75, 3.05) is 27.6 Å². The lowest BCUT2D eigenvalue weighted by Crippen LogP contribution is -2.38. The van der Waals surface area contributed by atoms with Gasteiger partial charge in [-0.25, -0.2) is 8.42 Å². The highest BCUT2D eigenvalue weighted by molar-refractivity contribution is 7.92. The van der Waals surface area contributed by atoms with Crippen molar-refractivity contribution in [1.82, 2.24) is 0 Å². The van der Waals surface area contributed by atoms with Crippen LogP contribution in [0.5, 0.6) is 0 Å². The summed E-state index contributed by atoms with van der Waals surface area (Å²) in [6.45, 7) is 2.17. The van der Waals surface area contributed by atoms with Crippen LogP contribution in [0.2, 0.25) is 0 Å². The van der Waals surface area contributed by atoms with Crippen molar-refractivity contribution in [3.05, 3.63) is 84.4 Å². The van der Waals surface area contributed by atoms with Gasteiger partial charge in [0.2, 0.25) is 11.8 Å². The van der Waals surface area contributed by atoms with Gasteiger partial charge in [0, 0.05) is 24.3 Å². The number of hydrogen-bond acceptors (Lipinski definition) is 4. The first-order chi connectivity index (χ1) is 15.8. The van der Waals surface area contributed by atoms with E-state index >= 15 is 0 Å². The molecule has 0 aliphatic carbocycles. The standard InChI is InChI=1S/C25H25N3O4S/c1-19-7-5-8-22(17-19)28(33(31,32)23-9-3-2-4-10-23)18-24(29)26-20-12-14-21(15-13-20)27-16-6-11-25(27)30/h2-5,7-10,12-15,17H,6,11,16,18H2,1H3,(H,26,29). The van der Waals surface area contributed by atoms with Crippen LogP contribution in [0.1, 0.15) is 18.4 Å². The number of nitrogens with one attached hydrogen (secondary N) is 1. The molecule has 0 unspecified atom stereocenters. The first kappa shape index (κ1) is 22.5. The quantitative estimate of drug-likeness (QED) is 0.575. The van der Waals surface area contributed by atoms with E-state index in [0.717, 1.165) is 22.0 Å². The average Bonchev–Trinajstić information content (AvgIpc) is 3.24. The summed E-state index contributed by atoms with van der Waals surface area (Å²) < 4.78 is 27.8. The molecule has 3 aromatic carbocycles. The van der Waals surface area contributed by atoms with Gasteiger partial charge in [0.15, 0.2) is 0 Å². The Balaban J connectivity index is 1.55. The molecule has 8 heteroatoms. The molecule has 4 rings (SSSR count). The monoisotopic (exact) mass is 463 g/mol. The molecule has 1 heterocycles. The molecule has 170 valence electrons. The van der Waals surface area contributed by atoms with Gasteiger partial charge in [0.25, 0.3) is 10.0 Å². The minimum atomic E-state index is -3.95. The Bertz CT molecular complexity index is 1260. The average molecular weight is 464 g/mol. The Labute approximate surface area is 193 Å². The van der Waals surface area contributed by atoms with E-state index in [4.69, 9.17) is 0 Å². The third kappa shape index (κ3) is 5.06. The van der Waals surface area contributed by atoms with Crippen LogP contribution in [-0.2, 0) is 19.6 Å². The van der Waals surface area contributed by atoms with Crippen LogP contribution >= 0.6 is 0 Å². The number of hydrogen-bond donors (Lipinski definition) is 1. The van der Waals surface area contributed by atoms with Crippen LogP contribution in [0.4, 0.5) is 17.1 Å². The molecule has 1 aliphatic heterocycles. The number of aryl methyl sites for hydroxylation is 1. The molecule has 1 N–H and O–H groups in total. The highest BCUT2D eigenvalue weighted by Crippen LogP contribution is 2.26. The minimum absolute atomic E-state index is 0.0895. The summed E-state index contributed by atoms with van der Waals surface area (Å²) in [6, 6.07) is 22.0. The summed E-state index contributed by atoms with van der Waals surface area (Å²) in [4.78, 5) is 26.6. The predicted octanol–water partition coefficient (Wildman–Crippen LogP) is 3.96. The van der Waals surface area contributed by atoms with E-state index in [9.17, 15) is 18.0 Å². The molecule has 1 aliphatic rings. The lowest BCUT2D eigenvalue weighted by molar-refractivity contribution is -0.117. The summed E-state index contributed by atoms with van der Waals surface area (Å²) in [5.74, 6) is -0.382. The summed E-state index contributed by atoms with van der Waals surface area (Å²) in [6.07, 6.45) is 1.38. The lowest BCUT2D eigenvalue weighted by atomic mass is 10.2. The molecule has 3 aromatic rings. The number of amides is 2. The van der Waals surface area contributed by atoms with E-state index in [1.54, 1.807) is 65.6 Å². The zero-order valence-corrected chi connectivity index (χ0v) is 19.1. The lowest BCUT2D eigenvalue weighted by Gasteiger charge is -2.24. The number of anilines is 3. The van der Waals surface area contributed by atoms with Gasteiger partial charge in [0.05, 0.1) is 10.6 Å². The Hall–Kier alpha value is -3.65. The molecular formula is C25H25N3O4S. The molecule has 0 bridgehead atoms. The summed E-state index contributed by atoms with van der Waals surface area (Å²) >= 11 is 0.